The lowest BCUT2D eigenvalue weighted by Crippen LogP contribution is -2.52. The number of amides is 2. The van der Waals surface area contributed by atoms with E-state index in [2.05, 4.69) is 5.32 Å². The summed E-state index contributed by atoms with van der Waals surface area (Å²) in [5.41, 5.74) is 2.50. The van der Waals surface area contributed by atoms with E-state index in [4.69, 9.17) is 23.2 Å². The van der Waals surface area contributed by atoms with Crippen LogP contribution in [-0.2, 0) is 26.2 Å². The smallest absolute Gasteiger partial charge is 0.264 e. The molecule has 7 nitrogen and oxygen atoms in total. The fourth-order valence-electron chi connectivity index (χ4n) is 4.08. The molecule has 3 rings (SSSR count). The summed E-state index contributed by atoms with van der Waals surface area (Å²) in [4.78, 5) is 28.6. The molecule has 0 saturated carbocycles. The average Bonchev–Trinajstić information content (AvgIpc) is 2.91. The summed E-state index contributed by atoms with van der Waals surface area (Å²) in [6.07, 6.45) is 0.720. The second-order valence-corrected chi connectivity index (χ2v) is 12.6. The molecule has 0 spiro atoms. The SMILES string of the molecule is CC[C@H](C)NC(=O)[C@H](C)N(Cc1cccc(Cl)c1)C(=O)CN(c1cc(Cl)ccc1C)S(=O)(=O)c1ccc(C)cc1. The van der Waals surface area contributed by atoms with Crippen molar-refractivity contribution in [1.29, 1.82) is 0 Å². The Bertz CT molecular complexity index is 1460. The van der Waals surface area contributed by atoms with Crippen LogP contribution in [-0.4, -0.2) is 43.8 Å². The molecule has 0 heterocycles. The molecule has 40 heavy (non-hydrogen) atoms. The quantitative estimate of drug-likeness (QED) is 0.285. The molecule has 2 amide bonds. The van der Waals surface area contributed by atoms with Crippen molar-refractivity contribution >= 4 is 50.7 Å². The first-order chi connectivity index (χ1) is 18.8. The number of anilines is 1. The first kappa shape index (κ1) is 31.5. The molecule has 0 aromatic heterocycles. The molecular weight excluding hydrogens is 569 g/mol. The summed E-state index contributed by atoms with van der Waals surface area (Å²) < 4.78 is 29.0. The van der Waals surface area contributed by atoms with Gasteiger partial charge in [-0.1, -0.05) is 66.0 Å². The van der Waals surface area contributed by atoms with Crippen LogP contribution in [0.15, 0.2) is 71.6 Å². The maximum atomic E-state index is 14.0. The van der Waals surface area contributed by atoms with Crippen molar-refractivity contribution in [2.45, 2.75) is 64.6 Å². The highest BCUT2D eigenvalue weighted by atomic mass is 35.5. The predicted molar refractivity (Wildman–Crippen MR) is 161 cm³/mol. The van der Waals surface area contributed by atoms with Crippen LogP contribution in [0.2, 0.25) is 10.0 Å². The van der Waals surface area contributed by atoms with Crippen molar-refractivity contribution in [1.82, 2.24) is 10.2 Å². The number of halogens is 2. The standard InChI is InChI=1S/C30H35Cl2N3O4S/c1-6-22(4)33-30(37)23(5)34(18-24-8-7-9-25(31)16-24)29(36)19-35(28-17-26(32)13-12-21(28)3)40(38,39)27-14-10-20(2)11-15-27/h7-17,22-23H,6,18-19H2,1-5H3,(H,33,37)/t22-,23-/m0/s1. The van der Waals surface area contributed by atoms with E-state index in [1.54, 1.807) is 62.4 Å². The summed E-state index contributed by atoms with van der Waals surface area (Å²) in [6, 6.07) is 17.3. The lowest BCUT2D eigenvalue weighted by molar-refractivity contribution is -0.139. The Morgan fingerprint density at radius 3 is 2.20 bits per heavy atom. The van der Waals surface area contributed by atoms with E-state index in [1.165, 1.54) is 23.1 Å². The topological polar surface area (TPSA) is 86.8 Å². The minimum atomic E-state index is -4.18. The van der Waals surface area contributed by atoms with E-state index in [9.17, 15) is 18.0 Å². The lowest BCUT2D eigenvalue weighted by Gasteiger charge is -2.33. The van der Waals surface area contributed by atoms with Crippen LogP contribution in [0.4, 0.5) is 5.69 Å². The number of carbonyl (C=O) groups is 2. The number of hydrogen-bond donors (Lipinski definition) is 1. The Morgan fingerprint density at radius 2 is 1.57 bits per heavy atom. The molecule has 214 valence electrons. The first-order valence-corrected chi connectivity index (χ1v) is 15.2. The second-order valence-electron chi connectivity index (χ2n) is 9.90. The van der Waals surface area contributed by atoms with Gasteiger partial charge in [0.2, 0.25) is 11.8 Å². The van der Waals surface area contributed by atoms with Crippen molar-refractivity contribution in [3.05, 3.63) is 93.5 Å². The van der Waals surface area contributed by atoms with Crippen LogP contribution in [0, 0.1) is 13.8 Å². The highest BCUT2D eigenvalue weighted by Crippen LogP contribution is 2.30. The summed E-state index contributed by atoms with van der Waals surface area (Å²) >= 11 is 12.5. The first-order valence-electron chi connectivity index (χ1n) is 13.0. The third-order valence-electron chi connectivity index (χ3n) is 6.74. The monoisotopic (exact) mass is 603 g/mol. The minimum absolute atomic E-state index is 0.0363. The van der Waals surface area contributed by atoms with Gasteiger partial charge < -0.3 is 10.2 Å². The molecule has 0 unspecified atom stereocenters. The van der Waals surface area contributed by atoms with Gasteiger partial charge in [0, 0.05) is 22.6 Å². The van der Waals surface area contributed by atoms with E-state index in [1.807, 2.05) is 20.8 Å². The number of rotatable bonds is 11. The number of nitrogens with zero attached hydrogens (tertiary/aromatic N) is 2. The van der Waals surface area contributed by atoms with Crippen molar-refractivity contribution in [3.63, 3.8) is 0 Å². The van der Waals surface area contributed by atoms with Crippen molar-refractivity contribution < 1.29 is 18.0 Å². The molecule has 10 heteroatoms. The van der Waals surface area contributed by atoms with Crippen LogP contribution in [0.3, 0.4) is 0 Å². The molecule has 0 aliphatic carbocycles. The number of carbonyl (C=O) groups excluding carboxylic acids is 2. The molecule has 0 aliphatic rings. The third-order valence-corrected chi connectivity index (χ3v) is 8.98. The van der Waals surface area contributed by atoms with Crippen LogP contribution in [0.25, 0.3) is 0 Å². The second kappa shape index (κ2) is 13.5. The third kappa shape index (κ3) is 7.77. The zero-order valence-corrected chi connectivity index (χ0v) is 25.6. The molecule has 0 bridgehead atoms. The predicted octanol–water partition coefficient (Wildman–Crippen LogP) is 6.14. The molecule has 3 aromatic carbocycles. The molecule has 0 aliphatic heterocycles. The van der Waals surface area contributed by atoms with Gasteiger partial charge in [0.05, 0.1) is 10.6 Å². The number of nitrogens with one attached hydrogen (secondary N) is 1. The van der Waals surface area contributed by atoms with Crippen molar-refractivity contribution in [2.24, 2.45) is 0 Å². The van der Waals surface area contributed by atoms with E-state index >= 15 is 0 Å². The van der Waals surface area contributed by atoms with Crippen LogP contribution >= 0.6 is 23.2 Å². The Labute approximate surface area is 247 Å². The van der Waals surface area contributed by atoms with Gasteiger partial charge in [-0.3, -0.25) is 13.9 Å². The number of aryl methyl sites for hydroxylation is 2. The maximum Gasteiger partial charge on any atom is 0.264 e. The fraction of sp³-hybridized carbons (Fsp3) is 0.333. The highest BCUT2D eigenvalue weighted by Gasteiger charge is 2.33. The zero-order chi connectivity index (χ0) is 29.6. The molecule has 3 aromatic rings. The maximum absolute atomic E-state index is 14.0. The fourth-order valence-corrected chi connectivity index (χ4v) is 5.93. The Hall–Kier alpha value is -3.07. The van der Waals surface area contributed by atoms with Gasteiger partial charge in [0.15, 0.2) is 0 Å². The van der Waals surface area contributed by atoms with Gasteiger partial charge in [-0.2, -0.15) is 0 Å². The number of benzene rings is 3. The van der Waals surface area contributed by atoms with E-state index in [0.29, 0.717) is 21.2 Å². The number of sulfonamides is 1. The Kier molecular flexibility index (Phi) is 10.6. The van der Waals surface area contributed by atoms with Gasteiger partial charge in [-0.05, 0) is 81.6 Å². The lowest BCUT2D eigenvalue weighted by atomic mass is 10.1. The van der Waals surface area contributed by atoms with Crippen molar-refractivity contribution in [2.75, 3.05) is 10.8 Å². The van der Waals surface area contributed by atoms with Gasteiger partial charge in [-0.15, -0.1) is 0 Å². The average molecular weight is 605 g/mol. The van der Waals surface area contributed by atoms with Gasteiger partial charge in [0.1, 0.15) is 12.6 Å². The summed E-state index contributed by atoms with van der Waals surface area (Å²) in [7, 11) is -4.18. The zero-order valence-electron chi connectivity index (χ0n) is 23.3. The Balaban J connectivity index is 2.07. The Morgan fingerprint density at radius 1 is 0.925 bits per heavy atom. The van der Waals surface area contributed by atoms with Gasteiger partial charge in [-0.25, -0.2) is 8.42 Å². The molecule has 1 N–H and O–H groups in total. The van der Waals surface area contributed by atoms with Crippen LogP contribution in [0.1, 0.15) is 43.9 Å². The molecule has 0 saturated heterocycles. The van der Waals surface area contributed by atoms with E-state index in [-0.39, 0.29) is 29.1 Å². The largest absolute Gasteiger partial charge is 0.352 e. The summed E-state index contributed by atoms with van der Waals surface area (Å²) in [5.74, 6) is -0.890. The summed E-state index contributed by atoms with van der Waals surface area (Å²) in [5, 5.41) is 3.73. The van der Waals surface area contributed by atoms with Crippen LogP contribution < -0.4 is 9.62 Å². The molecular formula is C30H35Cl2N3O4S. The minimum Gasteiger partial charge on any atom is -0.352 e. The van der Waals surface area contributed by atoms with Gasteiger partial charge in [0.25, 0.3) is 10.0 Å². The van der Waals surface area contributed by atoms with Gasteiger partial charge >= 0.3 is 0 Å². The van der Waals surface area contributed by atoms with Crippen LogP contribution in [0.5, 0.6) is 0 Å². The highest BCUT2D eigenvalue weighted by molar-refractivity contribution is 7.92. The normalized spacial score (nSPS) is 12.9. The van der Waals surface area contributed by atoms with E-state index in [0.717, 1.165) is 16.3 Å². The van der Waals surface area contributed by atoms with E-state index < -0.39 is 28.5 Å². The molecule has 0 radical (unpaired) electrons. The summed E-state index contributed by atoms with van der Waals surface area (Å²) in [6.45, 7) is 8.58. The number of hydrogen-bond acceptors (Lipinski definition) is 4. The molecule has 0 fully saturated rings. The molecule has 2 atom stereocenters. The van der Waals surface area contributed by atoms with Crippen molar-refractivity contribution in [3.8, 4) is 0 Å².